The summed E-state index contributed by atoms with van der Waals surface area (Å²) in [5.41, 5.74) is 0.261. The normalized spacial score (nSPS) is 25.5. The molecule has 1 amide bonds. The van der Waals surface area contributed by atoms with E-state index in [1.54, 1.807) is 7.05 Å². The van der Waals surface area contributed by atoms with Crippen LogP contribution in [-0.2, 0) is 0 Å². The zero-order chi connectivity index (χ0) is 10.8. The van der Waals surface area contributed by atoms with Crippen LogP contribution in [0.25, 0.3) is 0 Å². The maximum absolute atomic E-state index is 11.8. The second-order valence-corrected chi connectivity index (χ2v) is 3.59. The molecule has 0 saturated carbocycles. The average molecular weight is 211 g/mol. The van der Waals surface area contributed by atoms with Gasteiger partial charge in [0.2, 0.25) is 0 Å². The highest BCUT2D eigenvalue weighted by atomic mass is 16.5. The molecule has 1 saturated heterocycles. The molecule has 1 aromatic rings. The summed E-state index contributed by atoms with van der Waals surface area (Å²) < 4.78 is 4.60. The molecule has 6 nitrogen and oxygen atoms in total. The Morgan fingerprint density at radius 2 is 2.53 bits per heavy atom. The maximum atomic E-state index is 11.8. The maximum Gasteiger partial charge on any atom is 0.276 e. The summed E-state index contributed by atoms with van der Waals surface area (Å²) in [5.74, 6) is -0.239. The van der Waals surface area contributed by atoms with Gasteiger partial charge in [0.25, 0.3) is 5.91 Å². The first-order valence-corrected chi connectivity index (χ1v) is 4.76. The number of aliphatic hydroxyl groups is 1. The number of aliphatic hydroxyl groups excluding tert-OH is 1. The van der Waals surface area contributed by atoms with Crippen molar-refractivity contribution in [3.8, 4) is 0 Å². The lowest BCUT2D eigenvalue weighted by molar-refractivity contribution is 0.0572. The molecule has 1 aliphatic rings. The summed E-state index contributed by atoms with van der Waals surface area (Å²) in [5, 5.41) is 16.2. The van der Waals surface area contributed by atoms with Crippen molar-refractivity contribution in [3.05, 3.63) is 18.0 Å². The van der Waals surface area contributed by atoms with Gasteiger partial charge in [-0.25, -0.2) is 0 Å². The lowest BCUT2D eigenvalue weighted by Gasteiger charge is -2.25. The van der Waals surface area contributed by atoms with Gasteiger partial charge in [0, 0.05) is 26.2 Å². The van der Waals surface area contributed by atoms with E-state index in [1.165, 1.54) is 17.2 Å². The van der Waals surface area contributed by atoms with Crippen molar-refractivity contribution in [2.24, 2.45) is 0 Å². The number of likely N-dealkylation sites (N-methyl/N-ethyl adjacent to an activating group) is 1. The van der Waals surface area contributed by atoms with Gasteiger partial charge >= 0.3 is 0 Å². The number of rotatable bonds is 2. The molecule has 2 rings (SSSR count). The van der Waals surface area contributed by atoms with Crippen LogP contribution in [0.5, 0.6) is 0 Å². The van der Waals surface area contributed by atoms with E-state index in [1.807, 2.05) is 0 Å². The first-order valence-electron chi connectivity index (χ1n) is 4.76. The molecule has 2 N–H and O–H groups in total. The number of nitrogens with one attached hydrogen (secondary N) is 1. The Balaban J connectivity index is 2.07. The molecule has 0 spiro atoms. The SMILES string of the molecule is CN(C(=O)c1ccon1)[C@H]1CNC[C@@H]1O. The summed E-state index contributed by atoms with van der Waals surface area (Å²) in [6.07, 6.45) is 0.829. The third-order valence-electron chi connectivity index (χ3n) is 2.63. The molecule has 82 valence electrons. The first kappa shape index (κ1) is 10.1. The number of aromatic nitrogens is 1. The van der Waals surface area contributed by atoms with E-state index >= 15 is 0 Å². The van der Waals surface area contributed by atoms with Crippen molar-refractivity contribution < 1.29 is 14.4 Å². The Morgan fingerprint density at radius 3 is 3.07 bits per heavy atom. The summed E-state index contributed by atoms with van der Waals surface area (Å²) in [7, 11) is 1.65. The second-order valence-electron chi connectivity index (χ2n) is 3.59. The topological polar surface area (TPSA) is 78.6 Å². The minimum atomic E-state index is -0.522. The average Bonchev–Trinajstić information content (AvgIpc) is 2.85. The zero-order valence-electron chi connectivity index (χ0n) is 8.38. The van der Waals surface area contributed by atoms with E-state index in [4.69, 9.17) is 0 Å². The second kappa shape index (κ2) is 4.00. The lowest BCUT2D eigenvalue weighted by Crippen LogP contribution is -2.44. The third-order valence-corrected chi connectivity index (χ3v) is 2.63. The van der Waals surface area contributed by atoms with Crippen LogP contribution < -0.4 is 5.32 Å². The van der Waals surface area contributed by atoms with Gasteiger partial charge in [-0.1, -0.05) is 5.16 Å². The van der Waals surface area contributed by atoms with Gasteiger partial charge in [-0.15, -0.1) is 0 Å². The fourth-order valence-corrected chi connectivity index (χ4v) is 1.70. The predicted molar refractivity (Wildman–Crippen MR) is 51.3 cm³/mol. The highest BCUT2D eigenvalue weighted by Crippen LogP contribution is 2.10. The highest BCUT2D eigenvalue weighted by molar-refractivity contribution is 5.92. The Morgan fingerprint density at radius 1 is 1.73 bits per heavy atom. The fourth-order valence-electron chi connectivity index (χ4n) is 1.70. The number of β-amino-alcohol motifs (C(OH)–C–C–N with tert-alkyl or cyclic N) is 1. The van der Waals surface area contributed by atoms with E-state index in [2.05, 4.69) is 15.0 Å². The number of carbonyl (C=O) groups excluding carboxylic acids is 1. The van der Waals surface area contributed by atoms with E-state index in [-0.39, 0.29) is 17.6 Å². The van der Waals surface area contributed by atoms with Crippen LogP contribution in [0.3, 0.4) is 0 Å². The van der Waals surface area contributed by atoms with Crippen LogP contribution in [0.15, 0.2) is 16.9 Å². The molecule has 2 atom stereocenters. The smallest absolute Gasteiger partial charge is 0.276 e. The first-order chi connectivity index (χ1) is 7.20. The van der Waals surface area contributed by atoms with Crippen molar-refractivity contribution >= 4 is 5.91 Å². The Bertz CT molecular complexity index is 338. The molecule has 0 aliphatic carbocycles. The lowest BCUT2D eigenvalue weighted by atomic mass is 10.2. The molecule has 0 unspecified atom stereocenters. The quantitative estimate of drug-likeness (QED) is 0.661. The predicted octanol–water partition coefficient (Wildman–Crippen LogP) is -0.921. The van der Waals surface area contributed by atoms with Crippen molar-refractivity contribution in [3.63, 3.8) is 0 Å². The van der Waals surface area contributed by atoms with E-state index in [9.17, 15) is 9.90 Å². The minimum absolute atomic E-state index is 0.200. The van der Waals surface area contributed by atoms with Crippen LogP contribution in [0.1, 0.15) is 10.5 Å². The number of hydrogen-bond donors (Lipinski definition) is 2. The van der Waals surface area contributed by atoms with Crippen LogP contribution in [0.2, 0.25) is 0 Å². The molecular formula is C9H13N3O3. The molecule has 6 heteroatoms. The van der Waals surface area contributed by atoms with Gasteiger partial charge in [0.1, 0.15) is 6.26 Å². The molecule has 0 bridgehead atoms. The number of nitrogens with zero attached hydrogens (tertiary/aromatic N) is 2. The Labute approximate surface area is 86.8 Å². The van der Waals surface area contributed by atoms with Crippen LogP contribution in [-0.4, -0.2) is 53.4 Å². The standard InChI is InChI=1S/C9H13N3O3/c1-12(7-4-10-5-8(7)13)9(14)6-2-3-15-11-6/h2-3,7-8,10,13H,4-5H2,1H3/t7-,8-/m0/s1. The van der Waals surface area contributed by atoms with Gasteiger partial charge in [-0.2, -0.15) is 0 Å². The van der Waals surface area contributed by atoms with Crippen molar-refractivity contribution in [1.29, 1.82) is 0 Å². The number of carbonyl (C=O) groups is 1. The summed E-state index contributed by atoms with van der Waals surface area (Å²) in [6.45, 7) is 1.11. The largest absolute Gasteiger partial charge is 0.390 e. The van der Waals surface area contributed by atoms with Crippen LogP contribution in [0, 0.1) is 0 Å². The van der Waals surface area contributed by atoms with Crippen LogP contribution in [0.4, 0.5) is 0 Å². The van der Waals surface area contributed by atoms with Crippen molar-refractivity contribution in [2.45, 2.75) is 12.1 Å². The molecule has 2 heterocycles. The van der Waals surface area contributed by atoms with Crippen LogP contribution >= 0.6 is 0 Å². The van der Waals surface area contributed by atoms with E-state index in [0.29, 0.717) is 13.1 Å². The van der Waals surface area contributed by atoms with Gasteiger partial charge < -0.3 is 19.8 Å². The molecule has 1 aromatic heterocycles. The molecular weight excluding hydrogens is 198 g/mol. The third kappa shape index (κ3) is 1.86. The van der Waals surface area contributed by atoms with Crippen molar-refractivity contribution in [2.75, 3.05) is 20.1 Å². The van der Waals surface area contributed by atoms with Gasteiger partial charge in [-0.3, -0.25) is 4.79 Å². The summed E-state index contributed by atoms with van der Waals surface area (Å²) in [4.78, 5) is 13.3. The molecule has 1 aliphatic heterocycles. The minimum Gasteiger partial charge on any atom is -0.390 e. The molecule has 1 fully saturated rings. The van der Waals surface area contributed by atoms with Gasteiger partial charge in [0.05, 0.1) is 12.1 Å². The van der Waals surface area contributed by atoms with E-state index in [0.717, 1.165) is 0 Å². The Kier molecular flexibility index (Phi) is 2.70. The monoisotopic (exact) mass is 211 g/mol. The summed E-state index contributed by atoms with van der Waals surface area (Å²) >= 11 is 0. The summed E-state index contributed by atoms with van der Waals surface area (Å²) in [6, 6.07) is 1.31. The highest BCUT2D eigenvalue weighted by Gasteiger charge is 2.32. The Hall–Kier alpha value is -1.40. The van der Waals surface area contributed by atoms with Gasteiger partial charge in [-0.05, 0) is 0 Å². The molecule has 15 heavy (non-hydrogen) atoms. The van der Waals surface area contributed by atoms with Crippen molar-refractivity contribution in [1.82, 2.24) is 15.4 Å². The van der Waals surface area contributed by atoms with E-state index < -0.39 is 6.10 Å². The zero-order valence-corrected chi connectivity index (χ0v) is 8.38. The molecule has 0 radical (unpaired) electrons. The molecule has 0 aromatic carbocycles. The number of hydrogen-bond acceptors (Lipinski definition) is 5. The number of amides is 1. The fraction of sp³-hybridized carbons (Fsp3) is 0.556. The van der Waals surface area contributed by atoms with Gasteiger partial charge in [0.15, 0.2) is 5.69 Å².